The van der Waals surface area contributed by atoms with Crippen molar-refractivity contribution in [2.75, 3.05) is 24.5 Å². The van der Waals surface area contributed by atoms with Gasteiger partial charge in [-0.2, -0.15) is 0 Å². The van der Waals surface area contributed by atoms with Gasteiger partial charge in [-0.05, 0) is 31.5 Å². The topological polar surface area (TPSA) is 24.5 Å². The lowest BCUT2D eigenvalue weighted by molar-refractivity contribution is -0.274. The van der Waals surface area contributed by atoms with Crippen LogP contribution in [0.2, 0.25) is 0 Å². The van der Waals surface area contributed by atoms with E-state index in [1.54, 1.807) is 6.07 Å². The van der Waals surface area contributed by atoms with Crippen LogP contribution in [0.1, 0.15) is 19.8 Å². The van der Waals surface area contributed by atoms with Crippen molar-refractivity contribution in [2.45, 2.75) is 32.2 Å². The fraction of sp³-hybridized carbons (Fsp3) is 0.571. The van der Waals surface area contributed by atoms with Crippen molar-refractivity contribution >= 4 is 5.69 Å². The molecule has 2 rings (SSSR count). The van der Waals surface area contributed by atoms with Crippen LogP contribution >= 0.6 is 0 Å². The monoisotopic (exact) mass is 288 g/mol. The van der Waals surface area contributed by atoms with E-state index in [0.29, 0.717) is 6.04 Å². The molecule has 1 aliphatic heterocycles. The number of rotatable bonds is 4. The molecule has 1 N–H and O–H groups in total. The van der Waals surface area contributed by atoms with Gasteiger partial charge in [-0.25, -0.2) is 0 Å². The molecule has 1 fully saturated rings. The molecule has 0 saturated carbocycles. The Bertz CT molecular complexity index is 429. The Morgan fingerprint density at radius 3 is 2.60 bits per heavy atom. The maximum absolute atomic E-state index is 12.2. The minimum absolute atomic E-state index is 0.163. The molecule has 20 heavy (non-hydrogen) atoms. The molecule has 0 bridgehead atoms. The summed E-state index contributed by atoms with van der Waals surface area (Å²) in [7, 11) is 0. The second kappa shape index (κ2) is 6.35. The standard InChI is InChI=1S/C14H19F3N2O/c1-2-18-11-6-8-19(9-7-11)12-4-3-5-13(10-12)20-14(15,16)17/h3-5,10-11,18H,2,6-9H2,1H3. The van der Waals surface area contributed by atoms with Crippen molar-refractivity contribution in [3.8, 4) is 5.75 Å². The fourth-order valence-corrected chi connectivity index (χ4v) is 2.51. The Balaban J connectivity index is 1.98. The number of ether oxygens (including phenoxy) is 1. The predicted octanol–water partition coefficient (Wildman–Crippen LogP) is 3.16. The molecule has 1 saturated heterocycles. The molecule has 0 spiro atoms. The van der Waals surface area contributed by atoms with Gasteiger partial charge in [-0.3, -0.25) is 0 Å². The first-order valence-corrected chi connectivity index (χ1v) is 6.82. The fourth-order valence-electron chi connectivity index (χ4n) is 2.51. The molecule has 0 aromatic heterocycles. The first kappa shape index (κ1) is 15.0. The summed E-state index contributed by atoms with van der Waals surface area (Å²) in [5.41, 5.74) is 0.779. The summed E-state index contributed by atoms with van der Waals surface area (Å²) in [5.74, 6) is -0.163. The summed E-state index contributed by atoms with van der Waals surface area (Å²) in [5, 5.41) is 3.40. The molecular formula is C14H19F3N2O. The maximum Gasteiger partial charge on any atom is 0.573 e. The number of nitrogens with one attached hydrogen (secondary N) is 1. The summed E-state index contributed by atoms with van der Waals surface area (Å²) >= 11 is 0. The van der Waals surface area contributed by atoms with E-state index < -0.39 is 6.36 Å². The third-order valence-electron chi connectivity index (χ3n) is 3.40. The molecular weight excluding hydrogens is 269 g/mol. The van der Waals surface area contributed by atoms with Crippen LogP contribution < -0.4 is 15.0 Å². The third kappa shape index (κ3) is 4.30. The van der Waals surface area contributed by atoms with E-state index in [1.165, 1.54) is 12.1 Å². The Labute approximate surface area is 116 Å². The number of alkyl halides is 3. The average Bonchev–Trinajstić information content (AvgIpc) is 2.38. The summed E-state index contributed by atoms with van der Waals surface area (Å²) in [6.07, 6.45) is -2.65. The Kier molecular flexibility index (Phi) is 4.75. The first-order valence-electron chi connectivity index (χ1n) is 6.82. The lowest BCUT2D eigenvalue weighted by Gasteiger charge is -2.34. The van der Waals surface area contributed by atoms with Crippen LogP contribution in [0.4, 0.5) is 18.9 Å². The van der Waals surface area contributed by atoms with Gasteiger partial charge >= 0.3 is 6.36 Å². The van der Waals surface area contributed by atoms with Gasteiger partial charge in [0.2, 0.25) is 0 Å². The first-order chi connectivity index (χ1) is 9.48. The minimum atomic E-state index is -4.64. The second-order valence-corrected chi connectivity index (χ2v) is 4.86. The van der Waals surface area contributed by atoms with Crippen LogP contribution in [-0.4, -0.2) is 32.0 Å². The number of halogens is 3. The van der Waals surface area contributed by atoms with Crippen LogP contribution in [-0.2, 0) is 0 Å². The van der Waals surface area contributed by atoms with Crippen molar-refractivity contribution < 1.29 is 17.9 Å². The van der Waals surface area contributed by atoms with Crippen LogP contribution in [0.15, 0.2) is 24.3 Å². The molecule has 0 aliphatic carbocycles. The van der Waals surface area contributed by atoms with Gasteiger partial charge in [0.1, 0.15) is 5.75 Å². The van der Waals surface area contributed by atoms with Crippen molar-refractivity contribution in [1.29, 1.82) is 0 Å². The number of hydrogen-bond acceptors (Lipinski definition) is 3. The van der Waals surface area contributed by atoms with Crippen molar-refractivity contribution in [3.05, 3.63) is 24.3 Å². The van der Waals surface area contributed by atoms with Gasteiger partial charge in [0.15, 0.2) is 0 Å². The zero-order valence-electron chi connectivity index (χ0n) is 11.4. The summed E-state index contributed by atoms with van der Waals surface area (Å²) in [4.78, 5) is 2.09. The SMILES string of the molecule is CCNC1CCN(c2cccc(OC(F)(F)F)c2)CC1. The molecule has 1 aromatic carbocycles. The van der Waals surface area contributed by atoms with Gasteiger partial charge in [-0.15, -0.1) is 13.2 Å². The molecule has 0 unspecified atom stereocenters. The van der Waals surface area contributed by atoms with E-state index in [9.17, 15) is 13.2 Å². The van der Waals surface area contributed by atoms with Gasteiger partial charge < -0.3 is 15.0 Å². The highest BCUT2D eigenvalue weighted by molar-refractivity contribution is 5.51. The van der Waals surface area contributed by atoms with Crippen LogP contribution in [0.25, 0.3) is 0 Å². The molecule has 0 atom stereocenters. The van der Waals surface area contributed by atoms with Crippen LogP contribution in [0.3, 0.4) is 0 Å². The second-order valence-electron chi connectivity index (χ2n) is 4.86. The summed E-state index contributed by atoms with van der Waals surface area (Å²) in [6.45, 7) is 4.70. The lowest BCUT2D eigenvalue weighted by atomic mass is 10.0. The molecule has 1 heterocycles. The van der Waals surface area contributed by atoms with Gasteiger partial charge in [0, 0.05) is 30.9 Å². The number of anilines is 1. The largest absolute Gasteiger partial charge is 0.573 e. The van der Waals surface area contributed by atoms with Crippen molar-refractivity contribution in [1.82, 2.24) is 5.32 Å². The molecule has 0 amide bonds. The highest BCUT2D eigenvalue weighted by Crippen LogP contribution is 2.28. The molecule has 112 valence electrons. The third-order valence-corrected chi connectivity index (χ3v) is 3.40. The normalized spacial score (nSPS) is 17.3. The summed E-state index contributed by atoms with van der Waals surface area (Å²) < 4.78 is 40.6. The number of hydrogen-bond donors (Lipinski definition) is 1. The molecule has 1 aliphatic rings. The Morgan fingerprint density at radius 2 is 2.00 bits per heavy atom. The minimum Gasteiger partial charge on any atom is -0.406 e. The number of benzene rings is 1. The van der Waals surface area contributed by atoms with Crippen LogP contribution in [0.5, 0.6) is 5.75 Å². The van der Waals surface area contributed by atoms with Crippen molar-refractivity contribution in [3.63, 3.8) is 0 Å². The van der Waals surface area contributed by atoms with Crippen molar-refractivity contribution in [2.24, 2.45) is 0 Å². The lowest BCUT2D eigenvalue weighted by Crippen LogP contribution is -2.42. The zero-order valence-corrected chi connectivity index (χ0v) is 11.4. The maximum atomic E-state index is 12.2. The number of nitrogens with zero attached hydrogens (tertiary/aromatic N) is 1. The van der Waals surface area contributed by atoms with E-state index in [-0.39, 0.29) is 5.75 Å². The Hall–Kier alpha value is -1.43. The van der Waals surface area contributed by atoms with E-state index >= 15 is 0 Å². The smallest absolute Gasteiger partial charge is 0.406 e. The quantitative estimate of drug-likeness (QED) is 0.921. The van der Waals surface area contributed by atoms with E-state index in [0.717, 1.165) is 38.2 Å². The van der Waals surface area contributed by atoms with E-state index in [1.807, 2.05) is 6.07 Å². The zero-order chi connectivity index (χ0) is 14.6. The molecule has 0 radical (unpaired) electrons. The number of piperidine rings is 1. The highest BCUT2D eigenvalue weighted by Gasteiger charge is 2.31. The highest BCUT2D eigenvalue weighted by atomic mass is 19.4. The molecule has 1 aromatic rings. The molecule has 3 nitrogen and oxygen atoms in total. The van der Waals surface area contributed by atoms with Gasteiger partial charge in [0.05, 0.1) is 0 Å². The van der Waals surface area contributed by atoms with Gasteiger partial charge in [0.25, 0.3) is 0 Å². The average molecular weight is 288 g/mol. The predicted molar refractivity (Wildman–Crippen MR) is 72.0 cm³/mol. The van der Waals surface area contributed by atoms with Gasteiger partial charge in [-0.1, -0.05) is 13.0 Å². The van der Waals surface area contributed by atoms with Crippen LogP contribution in [0, 0.1) is 0 Å². The Morgan fingerprint density at radius 1 is 1.30 bits per heavy atom. The summed E-state index contributed by atoms with van der Waals surface area (Å²) in [6, 6.07) is 6.68. The van der Waals surface area contributed by atoms with E-state index in [2.05, 4.69) is 21.9 Å². The molecule has 6 heteroatoms. The van der Waals surface area contributed by atoms with E-state index in [4.69, 9.17) is 0 Å².